The normalized spacial score (nSPS) is 11.3. The van der Waals surface area contributed by atoms with Crippen molar-refractivity contribution in [3.8, 4) is 11.7 Å². The Morgan fingerprint density at radius 1 is 1.18 bits per heavy atom. The zero-order valence-corrected chi connectivity index (χ0v) is 12.6. The van der Waals surface area contributed by atoms with Crippen LogP contribution in [-0.2, 0) is 12.8 Å². The fourth-order valence-electron chi connectivity index (χ4n) is 2.12. The Bertz CT molecular complexity index is 891. The molecule has 0 unspecified atom stereocenters. The van der Waals surface area contributed by atoms with Crippen molar-refractivity contribution in [3.63, 3.8) is 0 Å². The van der Waals surface area contributed by atoms with Crippen molar-refractivity contribution in [1.82, 2.24) is 19.7 Å². The van der Waals surface area contributed by atoms with Crippen LogP contribution in [0.2, 0.25) is 0 Å². The molecule has 110 valence electrons. The maximum Gasteiger partial charge on any atom is 0.284 e. The van der Waals surface area contributed by atoms with E-state index in [0.29, 0.717) is 22.6 Å². The van der Waals surface area contributed by atoms with Gasteiger partial charge in [-0.1, -0.05) is 30.0 Å². The van der Waals surface area contributed by atoms with Crippen LogP contribution >= 0.6 is 11.8 Å². The van der Waals surface area contributed by atoms with Crippen LogP contribution in [0.15, 0.2) is 56.8 Å². The molecule has 0 aliphatic heterocycles. The number of furan rings is 1. The Morgan fingerprint density at radius 3 is 2.91 bits per heavy atom. The molecular weight excluding hydrogens is 300 g/mol. The molecule has 0 atom stereocenters. The standard InChI is InChI=1S/C15H12N4O2S/c1-19-7-6-16-13(19)9-22-15-18-17-14(21-15)12-8-10-4-2-3-5-11(10)20-12/h2-8H,9H2,1H3. The fourth-order valence-corrected chi connectivity index (χ4v) is 2.88. The summed E-state index contributed by atoms with van der Waals surface area (Å²) in [7, 11) is 1.95. The summed E-state index contributed by atoms with van der Waals surface area (Å²) in [6.07, 6.45) is 3.67. The maximum atomic E-state index is 5.71. The van der Waals surface area contributed by atoms with Gasteiger partial charge in [0.2, 0.25) is 0 Å². The molecular formula is C15H12N4O2S. The minimum atomic E-state index is 0.388. The third-order valence-corrected chi connectivity index (χ3v) is 4.10. The lowest BCUT2D eigenvalue weighted by atomic mass is 10.2. The predicted molar refractivity (Wildman–Crippen MR) is 82.3 cm³/mol. The van der Waals surface area contributed by atoms with Gasteiger partial charge in [0.05, 0.1) is 5.75 Å². The van der Waals surface area contributed by atoms with E-state index in [2.05, 4.69) is 15.2 Å². The van der Waals surface area contributed by atoms with Crippen LogP contribution in [0.4, 0.5) is 0 Å². The summed E-state index contributed by atoms with van der Waals surface area (Å²) in [6.45, 7) is 0. The molecule has 0 spiro atoms. The van der Waals surface area contributed by atoms with E-state index in [9.17, 15) is 0 Å². The van der Waals surface area contributed by atoms with Crippen LogP contribution in [0.3, 0.4) is 0 Å². The zero-order chi connectivity index (χ0) is 14.9. The number of fused-ring (bicyclic) bond motifs is 1. The van der Waals surface area contributed by atoms with E-state index >= 15 is 0 Å². The Kier molecular flexibility index (Phi) is 3.19. The Hall–Kier alpha value is -2.54. The van der Waals surface area contributed by atoms with Crippen molar-refractivity contribution >= 4 is 22.7 Å². The molecule has 0 saturated heterocycles. The van der Waals surface area contributed by atoms with E-state index in [0.717, 1.165) is 16.8 Å². The summed E-state index contributed by atoms with van der Waals surface area (Å²) in [4.78, 5) is 4.26. The largest absolute Gasteiger partial charge is 0.451 e. The highest BCUT2D eigenvalue weighted by Crippen LogP contribution is 2.29. The number of aromatic nitrogens is 4. The van der Waals surface area contributed by atoms with Gasteiger partial charge in [0.25, 0.3) is 11.1 Å². The second kappa shape index (κ2) is 5.34. The number of hydrogen-bond donors (Lipinski definition) is 0. The van der Waals surface area contributed by atoms with Crippen molar-refractivity contribution in [3.05, 3.63) is 48.5 Å². The number of nitrogens with zero attached hydrogens (tertiary/aromatic N) is 4. The van der Waals surface area contributed by atoms with Gasteiger partial charge in [-0.2, -0.15) is 0 Å². The molecule has 3 heterocycles. The molecule has 4 aromatic rings. The molecule has 22 heavy (non-hydrogen) atoms. The monoisotopic (exact) mass is 312 g/mol. The molecule has 0 amide bonds. The first-order valence-corrected chi connectivity index (χ1v) is 7.69. The van der Waals surface area contributed by atoms with Crippen LogP contribution in [0.1, 0.15) is 5.82 Å². The van der Waals surface area contributed by atoms with Crippen LogP contribution in [0.25, 0.3) is 22.6 Å². The van der Waals surface area contributed by atoms with E-state index in [4.69, 9.17) is 8.83 Å². The lowest BCUT2D eigenvalue weighted by Gasteiger charge is -1.97. The molecule has 6 nitrogen and oxygen atoms in total. The van der Waals surface area contributed by atoms with Crippen LogP contribution in [0, 0.1) is 0 Å². The van der Waals surface area contributed by atoms with Crippen molar-refractivity contribution in [2.75, 3.05) is 0 Å². The second-order valence-corrected chi connectivity index (χ2v) is 5.69. The van der Waals surface area contributed by atoms with E-state index in [1.54, 1.807) is 6.20 Å². The molecule has 1 aromatic carbocycles. The average Bonchev–Trinajstić information content (AvgIpc) is 3.24. The summed E-state index contributed by atoms with van der Waals surface area (Å²) >= 11 is 1.45. The van der Waals surface area contributed by atoms with Gasteiger partial charge in [0, 0.05) is 24.8 Å². The zero-order valence-electron chi connectivity index (χ0n) is 11.8. The van der Waals surface area contributed by atoms with Crippen molar-refractivity contribution in [1.29, 1.82) is 0 Å². The summed E-state index contributed by atoms with van der Waals surface area (Å²) in [5.74, 6) is 2.59. The van der Waals surface area contributed by atoms with E-state index in [1.165, 1.54) is 11.8 Å². The number of hydrogen-bond acceptors (Lipinski definition) is 6. The van der Waals surface area contributed by atoms with Crippen LogP contribution in [-0.4, -0.2) is 19.7 Å². The minimum absolute atomic E-state index is 0.388. The molecule has 0 N–H and O–H groups in total. The minimum Gasteiger partial charge on any atom is -0.451 e. The molecule has 3 aromatic heterocycles. The number of thioether (sulfide) groups is 1. The Balaban J connectivity index is 1.54. The SMILES string of the molecule is Cn1ccnc1CSc1nnc(-c2cc3ccccc3o2)o1. The van der Waals surface area contributed by atoms with Gasteiger partial charge in [0.1, 0.15) is 11.4 Å². The third kappa shape index (κ3) is 2.39. The van der Waals surface area contributed by atoms with E-state index in [1.807, 2.05) is 48.1 Å². The second-order valence-electron chi connectivity index (χ2n) is 4.76. The fraction of sp³-hybridized carbons (Fsp3) is 0.133. The van der Waals surface area contributed by atoms with Gasteiger partial charge in [0.15, 0.2) is 5.76 Å². The number of para-hydroxylation sites is 1. The van der Waals surface area contributed by atoms with Gasteiger partial charge >= 0.3 is 0 Å². The van der Waals surface area contributed by atoms with E-state index in [-0.39, 0.29) is 0 Å². The Morgan fingerprint density at radius 2 is 2.09 bits per heavy atom. The topological polar surface area (TPSA) is 69.9 Å². The molecule has 0 saturated carbocycles. The summed E-state index contributed by atoms with van der Waals surface area (Å²) in [5, 5.41) is 9.60. The molecule has 0 aliphatic carbocycles. The molecule has 7 heteroatoms. The number of imidazole rings is 1. The van der Waals surface area contributed by atoms with Gasteiger partial charge in [-0.3, -0.25) is 0 Å². The summed E-state index contributed by atoms with van der Waals surface area (Å²) < 4.78 is 13.3. The molecule has 0 bridgehead atoms. The summed E-state index contributed by atoms with van der Waals surface area (Å²) in [5.41, 5.74) is 0.804. The number of aryl methyl sites for hydroxylation is 1. The Labute approximate surface area is 130 Å². The lowest BCUT2D eigenvalue weighted by molar-refractivity contribution is 0.451. The highest BCUT2D eigenvalue weighted by molar-refractivity contribution is 7.98. The maximum absolute atomic E-state index is 5.71. The average molecular weight is 312 g/mol. The quantitative estimate of drug-likeness (QED) is 0.537. The smallest absolute Gasteiger partial charge is 0.284 e. The third-order valence-electron chi connectivity index (χ3n) is 3.29. The molecule has 0 fully saturated rings. The van der Waals surface area contributed by atoms with Gasteiger partial charge in [-0.15, -0.1) is 10.2 Å². The predicted octanol–water partition coefficient (Wildman–Crippen LogP) is 3.51. The van der Waals surface area contributed by atoms with Gasteiger partial charge in [-0.25, -0.2) is 4.98 Å². The first-order chi connectivity index (χ1) is 10.8. The van der Waals surface area contributed by atoms with Crippen molar-refractivity contribution < 1.29 is 8.83 Å². The van der Waals surface area contributed by atoms with Crippen LogP contribution in [0.5, 0.6) is 0 Å². The first kappa shape index (κ1) is 13.1. The summed E-state index contributed by atoms with van der Waals surface area (Å²) in [6, 6.07) is 9.68. The molecule has 0 radical (unpaired) electrons. The molecule has 0 aliphatic rings. The number of rotatable bonds is 4. The van der Waals surface area contributed by atoms with Gasteiger partial charge < -0.3 is 13.4 Å². The highest BCUT2D eigenvalue weighted by Gasteiger charge is 2.14. The first-order valence-electron chi connectivity index (χ1n) is 6.71. The number of benzene rings is 1. The van der Waals surface area contributed by atoms with Crippen molar-refractivity contribution in [2.45, 2.75) is 11.0 Å². The highest BCUT2D eigenvalue weighted by atomic mass is 32.2. The van der Waals surface area contributed by atoms with E-state index < -0.39 is 0 Å². The van der Waals surface area contributed by atoms with Crippen molar-refractivity contribution in [2.24, 2.45) is 7.05 Å². The molecule has 4 rings (SSSR count). The van der Waals surface area contributed by atoms with Gasteiger partial charge in [-0.05, 0) is 12.1 Å². The lowest BCUT2D eigenvalue weighted by Crippen LogP contribution is -1.94. The van der Waals surface area contributed by atoms with Crippen LogP contribution < -0.4 is 0 Å².